The van der Waals surface area contributed by atoms with Gasteiger partial charge in [-0.25, -0.2) is 4.98 Å². The third kappa shape index (κ3) is 4.89. The van der Waals surface area contributed by atoms with E-state index in [9.17, 15) is 9.59 Å². The standard InChI is InChI=1S/C22H21N5O3S/c1-3-30-16-8-6-15(7-9-16)12-21(29)24-19-13-17(18-5-4-10-31-18)26-27(19)22-23-14(2)11-20(28)25-22/h4-11,13H,3,12H2,1-2H3,(H,24,29)(H,23,25,28). The predicted molar refractivity (Wildman–Crippen MR) is 120 cm³/mol. The van der Waals surface area contributed by atoms with Gasteiger partial charge in [0.1, 0.15) is 17.3 Å². The summed E-state index contributed by atoms with van der Waals surface area (Å²) in [5.41, 5.74) is 1.80. The van der Waals surface area contributed by atoms with Crippen LogP contribution in [-0.2, 0) is 11.2 Å². The van der Waals surface area contributed by atoms with E-state index in [-0.39, 0.29) is 23.8 Å². The van der Waals surface area contributed by atoms with Gasteiger partial charge in [0.2, 0.25) is 11.9 Å². The largest absolute Gasteiger partial charge is 0.494 e. The molecule has 31 heavy (non-hydrogen) atoms. The number of nitrogens with zero attached hydrogens (tertiary/aromatic N) is 3. The average Bonchev–Trinajstić information content (AvgIpc) is 3.39. The second kappa shape index (κ2) is 8.97. The van der Waals surface area contributed by atoms with Crippen LogP contribution in [0, 0.1) is 6.92 Å². The maximum atomic E-state index is 12.7. The van der Waals surface area contributed by atoms with Crippen LogP contribution < -0.4 is 15.6 Å². The molecule has 3 heterocycles. The van der Waals surface area contributed by atoms with Crippen molar-refractivity contribution in [3.63, 3.8) is 0 Å². The second-order valence-electron chi connectivity index (χ2n) is 6.82. The molecule has 9 heteroatoms. The van der Waals surface area contributed by atoms with Gasteiger partial charge in [-0.3, -0.25) is 14.6 Å². The van der Waals surface area contributed by atoms with Crippen molar-refractivity contribution in [3.8, 4) is 22.3 Å². The molecule has 0 unspecified atom stereocenters. The summed E-state index contributed by atoms with van der Waals surface area (Å²) in [6, 6.07) is 14.4. The highest BCUT2D eigenvalue weighted by Gasteiger charge is 2.16. The maximum Gasteiger partial charge on any atom is 0.252 e. The molecule has 0 bridgehead atoms. The molecule has 2 N–H and O–H groups in total. The fraction of sp³-hybridized carbons (Fsp3) is 0.182. The van der Waals surface area contributed by atoms with Crippen LogP contribution >= 0.6 is 11.3 Å². The topological polar surface area (TPSA) is 102 Å². The average molecular weight is 436 g/mol. The van der Waals surface area contributed by atoms with Crippen molar-refractivity contribution < 1.29 is 9.53 Å². The van der Waals surface area contributed by atoms with E-state index < -0.39 is 0 Å². The minimum absolute atomic E-state index is 0.184. The number of hydrogen-bond acceptors (Lipinski definition) is 6. The minimum Gasteiger partial charge on any atom is -0.494 e. The number of nitrogens with one attached hydrogen (secondary N) is 2. The van der Waals surface area contributed by atoms with E-state index in [4.69, 9.17) is 4.74 Å². The molecule has 0 saturated carbocycles. The molecule has 158 valence electrons. The molecule has 1 amide bonds. The first-order chi connectivity index (χ1) is 15.0. The van der Waals surface area contributed by atoms with Crippen LogP contribution in [0.15, 0.2) is 58.7 Å². The maximum absolute atomic E-state index is 12.7. The first kappa shape index (κ1) is 20.5. The number of benzene rings is 1. The highest BCUT2D eigenvalue weighted by molar-refractivity contribution is 7.13. The third-order valence-electron chi connectivity index (χ3n) is 4.41. The van der Waals surface area contributed by atoms with E-state index in [2.05, 4.69) is 20.4 Å². The van der Waals surface area contributed by atoms with Crippen LogP contribution in [0.4, 0.5) is 5.82 Å². The molecule has 0 spiro atoms. The summed E-state index contributed by atoms with van der Waals surface area (Å²) in [7, 11) is 0. The Balaban J connectivity index is 1.61. The Kier molecular flexibility index (Phi) is 5.94. The van der Waals surface area contributed by atoms with Gasteiger partial charge in [-0.05, 0) is 43.0 Å². The lowest BCUT2D eigenvalue weighted by Gasteiger charge is -2.09. The van der Waals surface area contributed by atoms with Crippen molar-refractivity contribution in [3.05, 3.63) is 75.5 Å². The van der Waals surface area contributed by atoms with Crippen LogP contribution in [0.2, 0.25) is 0 Å². The summed E-state index contributed by atoms with van der Waals surface area (Å²) in [5.74, 6) is 1.22. The first-order valence-electron chi connectivity index (χ1n) is 9.75. The molecule has 0 saturated heterocycles. The van der Waals surface area contributed by atoms with Gasteiger partial charge in [0, 0.05) is 17.8 Å². The lowest BCUT2D eigenvalue weighted by atomic mass is 10.1. The highest BCUT2D eigenvalue weighted by Crippen LogP contribution is 2.27. The van der Waals surface area contributed by atoms with Crippen molar-refractivity contribution in [2.45, 2.75) is 20.3 Å². The predicted octanol–water partition coefficient (Wildman–Crippen LogP) is 3.57. The van der Waals surface area contributed by atoms with Gasteiger partial charge < -0.3 is 10.1 Å². The molecule has 0 atom stereocenters. The summed E-state index contributed by atoms with van der Waals surface area (Å²) in [4.78, 5) is 32.6. The lowest BCUT2D eigenvalue weighted by Crippen LogP contribution is -2.20. The Labute approximate surface area is 182 Å². The molecule has 4 aromatic rings. The first-order valence-corrected chi connectivity index (χ1v) is 10.6. The molecule has 8 nitrogen and oxygen atoms in total. The summed E-state index contributed by atoms with van der Waals surface area (Å²) in [6.07, 6.45) is 0.184. The zero-order valence-electron chi connectivity index (χ0n) is 17.1. The Morgan fingerprint density at radius 1 is 1.23 bits per heavy atom. The smallest absolute Gasteiger partial charge is 0.252 e. The molecule has 0 aliphatic carbocycles. The van der Waals surface area contributed by atoms with Gasteiger partial charge in [-0.2, -0.15) is 9.78 Å². The molecular formula is C22H21N5O3S. The number of hydrogen-bond donors (Lipinski definition) is 2. The van der Waals surface area contributed by atoms with Crippen LogP contribution in [-0.4, -0.2) is 32.3 Å². The van der Waals surface area contributed by atoms with E-state index >= 15 is 0 Å². The number of carbonyl (C=O) groups excluding carboxylic acids is 1. The second-order valence-corrected chi connectivity index (χ2v) is 7.76. The van der Waals surface area contributed by atoms with E-state index in [1.54, 1.807) is 13.0 Å². The van der Waals surface area contributed by atoms with Gasteiger partial charge >= 0.3 is 0 Å². The SMILES string of the molecule is CCOc1ccc(CC(=O)Nc2cc(-c3cccs3)nn2-c2nc(C)cc(=O)[nH]2)cc1. The number of H-pyrrole nitrogens is 1. The Morgan fingerprint density at radius 3 is 2.71 bits per heavy atom. The van der Waals surface area contributed by atoms with Crippen LogP contribution in [0.25, 0.3) is 16.5 Å². The van der Waals surface area contributed by atoms with Gasteiger partial charge in [-0.15, -0.1) is 11.3 Å². The van der Waals surface area contributed by atoms with Gasteiger partial charge in [0.25, 0.3) is 5.56 Å². The fourth-order valence-corrected chi connectivity index (χ4v) is 3.76. The van der Waals surface area contributed by atoms with Crippen molar-refractivity contribution >= 4 is 23.1 Å². The molecule has 0 aliphatic rings. The van der Waals surface area contributed by atoms with Gasteiger partial charge in [-0.1, -0.05) is 18.2 Å². The van der Waals surface area contributed by atoms with Crippen LogP contribution in [0.5, 0.6) is 5.75 Å². The van der Waals surface area contributed by atoms with Gasteiger partial charge in [0.05, 0.1) is 17.9 Å². The number of amides is 1. The monoisotopic (exact) mass is 435 g/mol. The zero-order valence-corrected chi connectivity index (χ0v) is 17.9. The molecule has 4 rings (SSSR count). The quantitative estimate of drug-likeness (QED) is 0.462. The van der Waals surface area contributed by atoms with Crippen molar-refractivity contribution in [1.82, 2.24) is 19.7 Å². The fourth-order valence-electron chi connectivity index (χ4n) is 3.08. The summed E-state index contributed by atoms with van der Waals surface area (Å²) in [6.45, 7) is 4.24. The Hall–Kier alpha value is -3.72. The number of aromatic amines is 1. The minimum atomic E-state index is -0.290. The van der Waals surface area contributed by atoms with E-state index in [1.807, 2.05) is 48.7 Å². The Bertz CT molecular complexity index is 1240. The van der Waals surface area contributed by atoms with E-state index in [0.29, 0.717) is 23.8 Å². The summed E-state index contributed by atoms with van der Waals surface area (Å²) >= 11 is 1.53. The summed E-state index contributed by atoms with van der Waals surface area (Å²) < 4.78 is 6.88. The van der Waals surface area contributed by atoms with Crippen LogP contribution in [0.1, 0.15) is 18.2 Å². The zero-order chi connectivity index (χ0) is 21.8. The van der Waals surface area contributed by atoms with Crippen molar-refractivity contribution in [2.24, 2.45) is 0 Å². The summed E-state index contributed by atoms with van der Waals surface area (Å²) in [5, 5.41) is 9.40. The van der Waals surface area contributed by atoms with Crippen molar-refractivity contribution in [1.29, 1.82) is 0 Å². The number of aromatic nitrogens is 4. The molecule has 1 aromatic carbocycles. The molecule has 3 aromatic heterocycles. The number of rotatable bonds is 7. The number of ether oxygens (including phenoxy) is 1. The van der Waals surface area contributed by atoms with E-state index in [0.717, 1.165) is 16.2 Å². The van der Waals surface area contributed by atoms with Gasteiger partial charge in [0.15, 0.2) is 0 Å². The molecule has 0 aliphatic heterocycles. The van der Waals surface area contributed by atoms with Crippen LogP contribution in [0.3, 0.4) is 0 Å². The number of anilines is 1. The van der Waals surface area contributed by atoms with E-state index in [1.165, 1.54) is 22.1 Å². The number of carbonyl (C=O) groups is 1. The highest BCUT2D eigenvalue weighted by atomic mass is 32.1. The molecule has 0 fully saturated rings. The van der Waals surface area contributed by atoms with Crippen molar-refractivity contribution in [2.75, 3.05) is 11.9 Å². The number of thiophene rings is 1. The third-order valence-corrected chi connectivity index (χ3v) is 5.30. The number of aryl methyl sites for hydroxylation is 1. The Morgan fingerprint density at radius 2 is 2.03 bits per heavy atom. The molecular weight excluding hydrogens is 414 g/mol. The molecule has 0 radical (unpaired) electrons. The lowest BCUT2D eigenvalue weighted by molar-refractivity contribution is -0.115. The normalized spacial score (nSPS) is 10.8.